The lowest BCUT2D eigenvalue weighted by Gasteiger charge is -2.16. The lowest BCUT2D eigenvalue weighted by molar-refractivity contribution is -0.109. The van der Waals surface area contributed by atoms with Crippen LogP contribution in [0.25, 0.3) is 10.9 Å². The van der Waals surface area contributed by atoms with Crippen molar-refractivity contribution in [3.8, 4) is 0 Å². The molecule has 4 nitrogen and oxygen atoms in total. The fourth-order valence-electron chi connectivity index (χ4n) is 3.94. The van der Waals surface area contributed by atoms with Crippen LogP contribution >= 0.6 is 0 Å². The van der Waals surface area contributed by atoms with Crippen molar-refractivity contribution in [3.05, 3.63) is 107 Å². The summed E-state index contributed by atoms with van der Waals surface area (Å²) in [5.74, 6) is -0.229. The first-order valence-corrected chi connectivity index (χ1v) is 10.1. The number of nitrogens with one attached hydrogen (secondary N) is 1. The maximum Gasteiger partial charge on any atom is 0.268 e. The average Bonchev–Trinajstić information content (AvgIpc) is 3.06. The molecule has 1 heterocycles. The van der Waals surface area contributed by atoms with Gasteiger partial charge >= 0.3 is 0 Å². The smallest absolute Gasteiger partial charge is 0.268 e. The normalized spacial score (nSPS) is 11.9. The lowest BCUT2D eigenvalue weighted by Crippen LogP contribution is -2.39. The SMILES string of the molecule is Cc1c(C(=O)NC(C=O)Cc2ccccc2)n(Cc2ccccc2)c2ccccc12. The zero-order valence-electron chi connectivity index (χ0n) is 16.9. The van der Waals surface area contributed by atoms with Gasteiger partial charge < -0.3 is 14.7 Å². The first-order chi connectivity index (χ1) is 14.7. The molecule has 0 aliphatic heterocycles. The Morgan fingerprint density at radius 3 is 2.17 bits per heavy atom. The number of para-hydroxylation sites is 1. The van der Waals surface area contributed by atoms with Crippen LogP contribution in [0.4, 0.5) is 0 Å². The van der Waals surface area contributed by atoms with E-state index in [0.29, 0.717) is 18.7 Å². The van der Waals surface area contributed by atoms with Crippen LogP contribution in [0.3, 0.4) is 0 Å². The third-order valence-corrected chi connectivity index (χ3v) is 5.40. The molecule has 0 bridgehead atoms. The number of hydrogen-bond acceptors (Lipinski definition) is 2. The van der Waals surface area contributed by atoms with Crippen LogP contribution in [0.5, 0.6) is 0 Å². The molecule has 0 fully saturated rings. The number of rotatable bonds is 7. The highest BCUT2D eigenvalue weighted by atomic mass is 16.2. The van der Waals surface area contributed by atoms with Crippen molar-refractivity contribution in [2.45, 2.75) is 25.9 Å². The summed E-state index contributed by atoms with van der Waals surface area (Å²) < 4.78 is 2.04. The maximum atomic E-state index is 13.3. The molecule has 4 heteroatoms. The first-order valence-electron chi connectivity index (χ1n) is 10.1. The standard InChI is InChI=1S/C26H24N2O2/c1-19-23-14-8-9-15-24(23)28(17-21-12-6-3-7-13-21)25(19)26(30)27-22(18-29)16-20-10-4-2-5-11-20/h2-15,18,22H,16-17H2,1H3,(H,27,30). The van der Waals surface area contributed by atoms with Crippen molar-refractivity contribution in [2.24, 2.45) is 0 Å². The highest BCUT2D eigenvalue weighted by Gasteiger charge is 2.22. The molecule has 0 aliphatic rings. The Morgan fingerprint density at radius 2 is 1.50 bits per heavy atom. The topological polar surface area (TPSA) is 51.1 Å². The van der Waals surface area contributed by atoms with E-state index in [0.717, 1.165) is 33.9 Å². The van der Waals surface area contributed by atoms with E-state index in [2.05, 4.69) is 17.4 Å². The number of fused-ring (bicyclic) bond motifs is 1. The molecule has 1 amide bonds. The number of aryl methyl sites for hydroxylation is 1. The van der Waals surface area contributed by atoms with Gasteiger partial charge in [0.2, 0.25) is 0 Å². The monoisotopic (exact) mass is 396 g/mol. The van der Waals surface area contributed by atoms with Gasteiger partial charge in [0.15, 0.2) is 0 Å². The van der Waals surface area contributed by atoms with Crippen LogP contribution in [0.2, 0.25) is 0 Å². The molecule has 0 aliphatic carbocycles. The summed E-state index contributed by atoms with van der Waals surface area (Å²) in [5.41, 5.74) is 4.65. The van der Waals surface area contributed by atoms with Crippen molar-refractivity contribution in [1.82, 2.24) is 9.88 Å². The number of hydrogen-bond donors (Lipinski definition) is 1. The summed E-state index contributed by atoms with van der Waals surface area (Å²) in [6, 6.07) is 27.2. The van der Waals surface area contributed by atoms with Gasteiger partial charge in [0, 0.05) is 17.4 Å². The van der Waals surface area contributed by atoms with Crippen LogP contribution < -0.4 is 5.32 Å². The minimum atomic E-state index is -0.581. The number of aromatic nitrogens is 1. The molecular weight excluding hydrogens is 372 g/mol. The van der Waals surface area contributed by atoms with E-state index in [9.17, 15) is 9.59 Å². The predicted octanol–water partition coefficient (Wildman–Crippen LogP) is 4.54. The minimum Gasteiger partial charge on any atom is -0.341 e. The molecule has 0 saturated heterocycles. The molecule has 1 aromatic heterocycles. The Hall–Kier alpha value is -3.66. The van der Waals surface area contributed by atoms with Gasteiger partial charge in [-0.3, -0.25) is 4.79 Å². The van der Waals surface area contributed by atoms with Crippen molar-refractivity contribution in [1.29, 1.82) is 0 Å². The zero-order valence-corrected chi connectivity index (χ0v) is 16.9. The van der Waals surface area contributed by atoms with E-state index in [1.54, 1.807) is 0 Å². The Labute approximate surface area is 176 Å². The number of aldehydes is 1. The van der Waals surface area contributed by atoms with Crippen LogP contribution in [0, 0.1) is 6.92 Å². The van der Waals surface area contributed by atoms with Crippen LogP contribution in [-0.2, 0) is 17.8 Å². The van der Waals surface area contributed by atoms with Gasteiger partial charge in [-0.05, 0) is 36.1 Å². The van der Waals surface area contributed by atoms with E-state index in [1.807, 2.05) is 84.3 Å². The first kappa shape index (κ1) is 19.6. The fourth-order valence-corrected chi connectivity index (χ4v) is 3.94. The van der Waals surface area contributed by atoms with Crippen LogP contribution in [0.15, 0.2) is 84.9 Å². The van der Waals surface area contributed by atoms with Crippen molar-refractivity contribution < 1.29 is 9.59 Å². The number of carbonyl (C=O) groups is 2. The summed E-state index contributed by atoms with van der Waals surface area (Å²) in [5, 5.41) is 3.98. The van der Waals surface area contributed by atoms with Gasteiger partial charge in [-0.15, -0.1) is 0 Å². The Balaban J connectivity index is 1.68. The number of nitrogens with zero attached hydrogens (tertiary/aromatic N) is 1. The van der Waals surface area contributed by atoms with Gasteiger partial charge in [-0.2, -0.15) is 0 Å². The van der Waals surface area contributed by atoms with Crippen LogP contribution in [0.1, 0.15) is 27.2 Å². The number of benzene rings is 3. The number of amides is 1. The molecule has 30 heavy (non-hydrogen) atoms. The molecule has 3 aromatic carbocycles. The largest absolute Gasteiger partial charge is 0.341 e. The molecule has 4 rings (SSSR count). The maximum absolute atomic E-state index is 13.3. The average molecular weight is 396 g/mol. The van der Waals surface area contributed by atoms with Crippen molar-refractivity contribution >= 4 is 23.1 Å². The Morgan fingerprint density at radius 1 is 0.900 bits per heavy atom. The minimum absolute atomic E-state index is 0.229. The molecule has 0 radical (unpaired) electrons. The van der Waals surface area contributed by atoms with Gasteiger partial charge in [0.1, 0.15) is 12.0 Å². The molecule has 0 spiro atoms. The van der Waals surface area contributed by atoms with Crippen molar-refractivity contribution in [2.75, 3.05) is 0 Å². The molecule has 4 aromatic rings. The highest BCUT2D eigenvalue weighted by molar-refractivity contribution is 6.02. The lowest BCUT2D eigenvalue weighted by atomic mass is 10.1. The highest BCUT2D eigenvalue weighted by Crippen LogP contribution is 2.26. The molecule has 0 saturated carbocycles. The molecule has 1 unspecified atom stereocenters. The second-order valence-corrected chi connectivity index (χ2v) is 7.47. The summed E-state index contributed by atoms with van der Waals surface area (Å²) in [7, 11) is 0. The zero-order chi connectivity index (χ0) is 20.9. The molecule has 1 N–H and O–H groups in total. The van der Waals surface area contributed by atoms with E-state index in [4.69, 9.17) is 0 Å². The Bertz CT molecular complexity index is 1160. The number of carbonyl (C=O) groups excluding carboxylic acids is 2. The summed E-state index contributed by atoms with van der Waals surface area (Å²) in [6.07, 6.45) is 1.28. The summed E-state index contributed by atoms with van der Waals surface area (Å²) in [6.45, 7) is 2.55. The van der Waals surface area contributed by atoms with Gasteiger partial charge in [-0.25, -0.2) is 0 Å². The van der Waals surface area contributed by atoms with E-state index in [1.165, 1.54) is 0 Å². The predicted molar refractivity (Wildman–Crippen MR) is 120 cm³/mol. The van der Waals surface area contributed by atoms with Crippen molar-refractivity contribution in [3.63, 3.8) is 0 Å². The third kappa shape index (κ3) is 4.03. The third-order valence-electron chi connectivity index (χ3n) is 5.40. The molecule has 150 valence electrons. The van der Waals surface area contributed by atoms with E-state index >= 15 is 0 Å². The van der Waals surface area contributed by atoms with Gasteiger partial charge in [-0.1, -0.05) is 78.9 Å². The van der Waals surface area contributed by atoms with E-state index in [-0.39, 0.29) is 5.91 Å². The summed E-state index contributed by atoms with van der Waals surface area (Å²) in [4.78, 5) is 25.0. The Kier molecular flexibility index (Phi) is 5.75. The fraction of sp³-hybridized carbons (Fsp3) is 0.154. The quantitative estimate of drug-likeness (QED) is 0.466. The van der Waals surface area contributed by atoms with Crippen LogP contribution in [-0.4, -0.2) is 22.8 Å². The van der Waals surface area contributed by atoms with Gasteiger partial charge in [0.25, 0.3) is 5.91 Å². The van der Waals surface area contributed by atoms with E-state index < -0.39 is 6.04 Å². The molecule has 1 atom stereocenters. The van der Waals surface area contributed by atoms with Gasteiger partial charge in [0.05, 0.1) is 6.04 Å². The second-order valence-electron chi connectivity index (χ2n) is 7.47. The summed E-state index contributed by atoms with van der Waals surface area (Å²) >= 11 is 0. The second kappa shape index (κ2) is 8.78. The molecular formula is C26H24N2O2.